The highest BCUT2D eigenvalue weighted by Gasteiger charge is 2.05. The van der Waals surface area contributed by atoms with E-state index in [0.717, 1.165) is 23.8 Å². The Hall–Kier alpha value is -1.28. The maximum atomic E-state index is 6.03. The fourth-order valence-corrected chi connectivity index (χ4v) is 1.69. The molecule has 2 nitrogen and oxygen atoms in total. The van der Waals surface area contributed by atoms with Crippen molar-refractivity contribution in [3.05, 3.63) is 36.1 Å². The maximum Gasteiger partial charge on any atom is 0.133 e. The molecule has 0 spiro atoms. The van der Waals surface area contributed by atoms with E-state index in [-0.39, 0.29) is 6.04 Å². The third kappa shape index (κ3) is 1.66. The summed E-state index contributed by atoms with van der Waals surface area (Å²) in [6.07, 6.45) is 3.85. The molecule has 2 heteroatoms. The van der Waals surface area contributed by atoms with Crippen molar-refractivity contribution in [2.24, 2.45) is 5.73 Å². The normalized spacial score (nSPS) is 13.3. The molecule has 1 atom stereocenters. The fraction of sp³-hybridized carbons (Fsp3) is 0.333. The number of benzene rings is 1. The SMILES string of the molecule is CCC[C@H](N)c1ccc2occc2c1. The second-order valence-corrected chi connectivity index (χ2v) is 3.61. The van der Waals surface area contributed by atoms with Crippen LogP contribution in [0.1, 0.15) is 31.4 Å². The molecule has 0 bridgehead atoms. The highest BCUT2D eigenvalue weighted by Crippen LogP contribution is 2.22. The smallest absolute Gasteiger partial charge is 0.133 e. The van der Waals surface area contributed by atoms with Crippen LogP contribution in [0.5, 0.6) is 0 Å². The van der Waals surface area contributed by atoms with Crippen LogP contribution in [0.4, 0.5) is 0 Å². The molecule has 0 aliphatic rings. The minimum absolute atomic E-state index is 0.152. The van der Waals surface area contributed by atoms with Crippen LogP contribution in [0.2, 0.25) is 0 Å². The van der Waals surface area contributed by atoms with Gasteiger partial charge in [-0.15, -0.1) is 0 Å². The molecule has 2 N–H and O–H groups in total. The Morgan fingerprint density at radius 2 is 2.21 bits per heavy atom. The number of furan rings is 1. The van der Waals surface area contributed by atoms with E-state index in [2.05, 4.69) is 13.0 Å². The summed E-state index contributed by atoms with van der Waals surface area (Å²) in [5.74, 6) is 0. The largest absolute Gasteiger partial charge is 0.464 e. The van der Waals surface area contributed by atoms with Crippen molar-refractivity contribution in [2.45, 2.75) is 25.8 Å². The van der Waals surface area contributed by atoms with E-state index >= 15 is 0 Å². The van der Waals surface area contributed by atoms with E-state index in [1.54, 1.807) is 6.26 Å². The molecular formula is C12H15NO. The van der Waals surface area contributed by atoms with Gasteiger partial charge < -0.3 is 10.2 Å². The first kappa shape index (κ1) is 9.28. The second kappa shape index (κ2) is 3.84. The summed E-state index contributed by atoms with van der Waals surface area (Å²) in [5.41, 5.74) is 8.16. The number of nitrogens with two attached hydrogens (primary N) is 1. The molecule has 0 saturated carbocycles. The van der Waals surface area contributed by atoms with Crippen molar-refractivity contribution >= 4 is 11.0 Å². The lowest BCUT2D eigenvalue weighted by Crippen LogP contribution is -2.09. The lowest BCUT2D eigenvalue weighted by molar-refractivity contribution is 0.614. The van der Waals surface area contributed by atoms with E-state index in [1.165, 1.54) is 5.56 Å². The standard InChI is InChI=1S/C12H15NO/c1-2-3-11(13)9-4-5-12-10(8-9)6-7-14-12/h4-8,11H,2-3,13H2,1H3/t11-/m0/s1. The average molecular weight is 189 g/mol. The van der Waals surface area contributed by atoms with Crippen LogP contribution in [-0.4, -0.2) is 0 Å². The van der Waals surface area contributed by atoms with Crippen LogP contribution >= 0.6 is 0 Å². The van der Waals surface area contributed by atoms with Gasteiger partial charge in [-0.25, -0.2) is 0 Å². The molecule has 0 fully saturated rings. The summed E-state index contributed by atoms with van der Waals surface area (Å²) in [6.45, 7) is 2.15. The van der Waals surface area contributed by atoms with Gasteiger partial charge >= 0.3 is 0 Å². The van der Waals surface area contributed by atoms with Crippen LogP contribution in [0, 0.1) is 0 Å². The lowest BCUT2D eigenvalue weighted by atomic mass is 10.0. The molecule has 1 aromatic carbocycles. The summed E-state index contributed by atoms with van der Waals surface area (Å²) < 4.78 is 5.27. The van der Waals surface area contributed by atoms with Gasteiger partial charge in [0.1, 0.15) is 5.58 Å². The predicted molar refractivity (Wildman–Crippen MR) is 58.1 cm³/mol. The number of rotatable bonds is 3. The summed E-state index contributed by atoms with van der Waals surface area (Å²) in [6, 6.07) is 8.27. The van der Waals surface area contributed by atoms with Gasteiger partial charge in [0, 0.05) is 11.4 Å². The van der Waals surface area contributed by atoms with Crippen molar-refractivity contribution < 1.29 is 4.42 Å². The summed E-state index contributed by atoms with van der Waals surface area (Å²) in [7, 11) is 0. The first-order valence-electron chi connectivity index (χ1n) is 5.04. The Morgan fingerprint density at radius 1 is 1.36 bits per heavy atom. The summed E-state index contributed by atoms with van der Waals surface area (Å²) in [4.78, 5) is 0. The highest BCUT2D eigenvalue weighted by atomic mass is 16.3. The first-order chi connectivity index (χ1) is 6.81. The molecule has 0 unspecified atom stereocenters. The highest BCUT2D eigenvalue weighted by molar-refractivity contribution is 5.77. The van der Waals surface area contributed by atoms with E-state index in [1.807, 2.05) is 18.2 Å². The van der Waals surface area contributed by atoms with Gasteiger partial charge in [-0.3, -0.25) is 0 Å². The number of hydrogen-bond donors (Lipinski definition) is 1. The molecule has 14 heavy (non-hydrogen) atoms. The molecule has 74 valence electrons. The van der Waals surface area contributed by atoms with E-state index in [0.29, 0.717) is 0 Å². The van der Waals surface area contributed by atoms with Crippen molar-refractivity contribution in [1.29, 1.82) is 0 Å². The van der Waals surface area contributed by atoms with Crippen LogP contribution < -0.4 is 5.73 Å². The number of hydrogen-bond acceptors (Lipinski definition) is 2. The molecule has 0 aliphatic carbocycles. The molecule has 2 rings (SSSR count). The van der Waals surface area contributed by atoms with Crippen molar-refractivity contribution in [2.75, 3.05) is 0 Å². The van der Waals surface area contributed by atoms with Gasteiger partial charge in [0.25, 0.3) is 0 Å². The average Bonchev–Trinajstić information content (AvgIpc) is 2.64. The van der Waals surface area contributed by atoms with Crippen molar-refractivity contribution in [3.63, 3.8) is 0 Å². The zero-order valence-electron chi connectivity index (χ0n) is 8.36. The van der Waals surface area contributed by atoms with Crippen LogP contribution in [0.15, 0.2) is 34.9 Å². The Balaban J connectivity index is 2.33. The molecule has 0 saturated heterocycles. The van der Waals surface area contributed by atoms with Gasteiger partial charge in [-0.05, 0) is 30.2 Å². The van der Waals surface area contributed by atoms with Gasteiger partial charge in [-0.2, -0.15) is 0 Å². The first-order valence-corrected chi connectivity index (χ1v) is 5.04. The molecule has 1 heterocycles. The van der Waals surface area contributed by atoms with Crippen molar-refractivity contribution in [1.82, 2.24) is 0 Å². The lowest BCUT2D eigenvalue weighted by Gasteiger charge is -2.09. The Labute approximate surface area is 83.7 Å². The quantitative estimate of drug-likeness (QED) is 0.805. The van der Waals surface area contributed by atoms with Gasteiger partial charge in [0.05, 0.1) is 6.26 Å². The van der Waals surface area contributed by atoms with E-state index in [4.69, 9.17) is 10.2 Å². The third-order valence-electron chi connectivity index (χ3n) is 2.50. The van der Waals surface area contributed by atoms with Gasteiger partial charge in [0.2, 0.25) is 0 Å². The van der Waals surface area contributed by atoms with Gasteiger partial charge in [0.15, 0.2) is 0 Å². The van der Waals surface area contributed by atoms with Crippen LogP contribution in [-0.2, 0) is 0 Å². The van der Waals surface area contributed by atoms with Crippen LogP contribution in [0.25, 0.3) is 11.0 Å². The monoisotopic (exact) mass is 189 g/mol. The van der Waals surface area contributed by atoms with Crippen LogP contribution in [0.3, 0.4) is 0 Å². The Kier molecular flexibility index (Phi) is 2.55. The Morgan fingerprint density at radius 3 is 3.00 bits per heavy atom. The zero-order chi connectivity index (χ0) is 9.97. The number of fused-ring (bicyclic) bond motifs is 1. The van der Waals surface area contributed by atoms with E-state index < -0.39 is 0 Å². The zero-order valence-corrected chi connectivity index (χ0v) is 8.36. The Bertz CT molecular complexity index is 419. The minimum atomic E-state index is 0.152. The van der Waals surface area contributed by atoms with E-state index in [9.17, 15) is 0 Å². The molecule has 0 radical (unpaired) electrons. The predicted octanol–water partition coefficient (Wildman–Crippen LogP) is 3.23. The molecule has 0 amide bonds. The topological polar surface area (TPSA) is 39.2 Å². The summed E-state index contributed by atoms with van der Waals surface area (Å²) >= 11 is 0. The second-order valence-electron chi connectivity index (χ2n) is 3.61. The van der Waals surface area contributed by atoms with Crippen molar-refractivity contribution in [3.8, 4) is 0 Å². The molecule has 1 aromatic heterocycles. The fourth-order valence-electron chi connectivity index (χ4n) is 1.69. The third-order valence-corrected chi connectivity index (χ3v) is 2.50. The molecular weight excluding hydrogens is 174 g/mol. The maximum absolute atomic E-state index is 6.03. The minimum Gasteiger partial charge on any atom is -0.464 e. The van der Waals surface area contributed by atoms with Gasteiger partial charge in [-0.1, -0.05) is 19.4 Å². The molecule has 0 aliphatic heterocycles. The summed E-state index contributed by atoms with van der Waals surface area (Å²) in [5, 5.41) is 1.13. The molecule has 2 aromatic rings.